The Morgan fingerprint density at radius 1 is 1.36 bits per heavy atom. The molecule has 138 valence electrons. The molecule has 1 amide bonds. The summed E-state index contributed by atoms with van der Waals surface area (Å²) in [6.45, 7) is 10.4. The first-order chi connectivity index (χ1) is 11.9. The standard InChI is InChI=1S/C18H27ClN4OS/c1-4-20-17(23-11-12-25-18(2,3)13-23)22-10-9-21-16(24)14-7-5-6-8-15(14)19/h5-8H,4,9-13H2,1-3H3,(H,20,22)(H,21,24). The highest BCUT2D eigenvalue weighted by molar-refractivity contribution is 8.00. The van der Waals surface area contributed by atoms with Crippen LogP contribution in [0, 0.1) is 0 Å². The van der Waals surface area contributed by atoms with Crippen LogP contribution in [0.2, 0.25) is 5.02 Å². The maximum Gasteiger partial charge on any atom is 0.252 e. The van der Waals surface area contributed by atoms with Crippen molar-refractivity contribution in [2.75, 3.05) is 38.5 Å². The minimum atomic E-state index is -0.165. The van der Waals surface area contributed by atoms with Gasteiger partial charge >= 0.3 is 0 Å². The molecule has 25 heavy (non-hydrogen) atoms. The molecule has 0 atom stereocenters. The lowest BCUT2D eigenvalue weighted by atomic mass is 10.2. The Hall–Kier alpha value is -1.40. The molecule has 1 aliphatic heterocycles. The summed E-state index contributed by atoms with van der Waals surface area (Å²) in [6, 6.07) is 7.05. The lowest BCUT2D eigenvalue weighted by molar-refractivity contribution is 0.0955. The van der Waals surface area contributed by atoms with Crippen molar-refractivity contribution >= 4 is 35.2 Å². The molecular weight excluding hydrogens is 356 g/mol. The number of nitrogens with one attached hydrogen (secondary N) is 2. The fraction of sp³-hybridized carbons (Fsp3) is 0.556. The first kappa shape index (κ1) is 19.9. The molecule has 7 heteroatoms. The van der Waals surface area contributed by atoms with Gasteiger partial charge in [-0.25, -0.2) is 0 Å². The van der Waals surface area contributed by atoms with E-state index in [1.807, 2.05) is 17.8 Å². The summed E-state index contributed by atoms with van der Waals surface area (Å²) >= 11 is 8.04. The number of hydrogen-bond donors (Lipinski definition) is 2. The molecule has 1 saturated heterocycles. The topological polar surface area (TPSA) is 56.7 Å². The normalized spacial score (nSPS) is 17.3. The highest BCUT2D eigenvalue weighted by Crippen LogP contribution is 2.29. The van der Waals surface area contributed by atoms with Gasteiger partial charge in [0.05, 0.1) is 17.1 Å². The summed E-state index contributed by atoms with van der Waals surface area (Å²) < 4.78 is 0.229. The highest BCUT2D eigenvalue weighted by Gasteiger charge is 2.28. The fourth-order valence-corrected chi connectivity index (χ4v) is 4.03. The molecule has 1 heterocycles. The largest absolute Gasteiger partial charge is 0.357 e. The van der Waals surface area contributed by atoms with Crippen LogP contribution in [0.1, 0.15) is 31.1 Å². The summed E-state index contributed by atoms with van der Waals surface area (Å²) in [5.74, 6) is 1.85. The second-order valence-corrected chi connectivity index (χ2v) is 8.71. The molecule has 2 N–H and O–H groups in total. The lowest BCUT2D eigenvalue weighted by Crippen LogP contribution is -2.51. The number of thioether (sulfide) groups is 1. The second-order valence-electron chi connectivity index (χ2n) is 6.50. The van der Waals surface area contributed by atoms with Gasteiger partial charge in [-0.3, -0.25) is 9.79 Å². The Balaban J connectivity index is 1.89. The predicted molar refractivity (Wildman–Crippen MR) is 108 cm³/mol. The number of guanidine groups is 1. The van der Waals surface area contributed by atoms with Crippen molar-refractivity contribution in [2.45, 2.75) is 25.5 Å². The number of benzene rings is 1. The highest BCUT2D eigenvalue weighted by atomic mass is 35.5. The molecule has 0 unspecified atom stereocenters. The number of halogens is 1. The zero-order chi connectivity index (χ0) is 18.3. The van der Waals surface area contributed by atoms with Crippen molar-refractivity contribution in [3.8, 4) is 0 Å². The van der Waals surface area contributed by atoms with E-state index in [4.69, 9.17) is 11.6 Å². The van der Waals surface area contributed by atoms with E-state index in [1.165, 1.54) is 0 Å². The fourth-order valence-electron chi connectivity index (χ4n) is 2.69. The monoisotopic (exact) mass is 382 g/mol. The van der Waals surface area contributed by atoms with Gasteiger partial charge in [0.15, 0.2) is 5.96 Å². The smallest absolute Gasteiger partial charge is 0.252 e. The van der Waals surface area contributed by atoms with Crippen molar-refractivity contribution in [1.82, 2.24) is 15.5 Å². The van der Waals surface area contributed by atoms with E-state index >= 15 is 0 Å². The van der Waals surface area contributed by atoms with Crippen molar-refractivity contribution in [2.24, 2.45) is 4.99 Å². The molecule has 1 fully saturated rings. The van der Waals surface area contributed by atoms with Gasteiger partial charge in [0, 0.05) is 36.7 Å². The van der Waals surface area contributed by atoms with E-state index in [1.54, 1.807) is 18.2 Å². The molecule has 0 aliphatic carbocycles. The Kier molecular flexibility index (Phi) is 7.44. The van der Waals surface area contributed by atoms with Crippen molar-refractivity contribution in [3.05, 3.63) is 34.9 Å². The third-order valence-electron chi connectivity index (χ3n) is 3.84. The first-order valence-electron chi connectivity index (χ1n) is 8.63. The maximum absolute atomic E-state index is 12.1. The van der Waals surface area contributed by atoms with Gasteiger partial charge in [-0.2, -0.15) is 11.8 Å². The van der Waals surface area contributed by atoms with Crippen molar-refractivity contribution in [3.63, 3.8) is 0 Å². The summed E-state index contributed by atoms with van der Waals surface area (Å²) in [7, 11) is 0. The van der Waals surface area contributed by atoms with Crippen LogP contribution in [0.5, 0.6) is 0 Å². The Morgan fingerprint density at radius 2 is 2.12 bits per heavy atom. The Bertz CT molecular complexity index is 621. The van der Waals surface area contributed by atoms with E-state index in [-0.39, 0.29) is 10.7 Å². The zero-order valence-electron chi connectivity index (χ0n) is 15.1. The molecule has 0 bridgehead atoms. The van der Waals surface area contributed by atoms with E-state index in [9.17, 15) is 4.79 Å². The molecular formula is C18H27ClN4OS. The van der Waals surface area contributed by atoms with E-state index in [0.717, 1.165) is 31.3 Å². The summed E-state index contributed by atoms with van der Waals surface area (Å²) in [5.41, 5.74) is 0.495. The lowest BCUT2D eigenvalue weighted by Gasteiger charge is -2.39. The van der Waals surface area contributed by atoms with Crippen LogP contribution in [-0.2, 0) is 0 Å². The van der Waals surface area contributed by atoms with Crippen LogP contribution in [0.15, 0.2) is 29.3 Å². The Morgan fingerprint density at radius 3 is 2.80 bits per heavy atom. The molecule has 0 aromatic heterocycles. The van der Waals surface area contributed by atoms with Gasteiger partial charge < -0.3 is 15.5 Å². The molecule has 1 aliphatic rings. The number of aliphatic imine (C=N–C) groups is 1. The molecule has 1 aromatic rings. The van der Waals surface area contributed by atoms with Crippen LogP contribution < -0.4 is 10.6 Å². The third-order valence-corrected chi connectivity index (χ3v) is 5.46. The van der Waals surface area contributed by atoms with Crippen LogP contribution in [0.4, 0.5) is 0 Å². The quantitative estimate of drug-likeness (QED) is 0.467. The first-order valence-corrected chi connectivity index (χ1v) is 9.99. The summed E-state index contributed by atoms with van der Waals surface area (Å²) in [6.07, 6.45) is 0. The number of carbonyl (C=O) groups excluding carboxylic acids is 1. The van der Waals surface area contributed by atoms with Crippen LogP contribution >= 0.6 is 23.4 Å². The third kappa shape index (κ3) is 6.12. The van der Waals surface area contributed by atoms with Gasteiger partial charge in [-0.1, -0.05) is 23.7 Å². The number of nitrogens with zero attached hydrogens (tertiary/aromatic N) is 2. The molecule has 0 spiro atoms. The molecule has 5 nitrogen and oxygen atoms in total. The van der Waals surface area contributed by atoms with Gasteiger partial charge in [-0.05, 0) is 32.9 Å². The maximum atomic E-state index is 12.1. The van der Waals surface area contributed by atoms with Crippen LogP contribution in [-0.4, -0.2) is 60.0 Å². The van der Waals surface area contributed by atoms with E-state index in [0.29, 0.717) is 23.7 Å². The van der Waals surface area contributed by atoms with Crippen LogP contribution in [0.25, 0.3) is 0 Å². The van der Waals surface area contributed by atoms with E-state index in [2.05, 4.69) is 41.3 Å². The average molecular weight is 383 g/mol. The minimum absolute atomic E-state index is 0.165. The Labute approximate surface area is 159 Å². The number of rotatable bonds is 5. The van der Waals surface area contributed by atoms with Crippen LogP contribution in [0.3, 0.4) is 0 Å². The van der Waals surface area contributed by atoms with Gasteiger partial charge in [0.25, 0.3) is 5.91 Å². The molecule has 1 aromatic carbocycles. The zero-order valence-corrected chi connectivity index (χ0v) is 16.7. The summed E-state index contributed by atoms with van der Waals surface area (Å²) in [4.78, 5) is 19.1. The summed E-state index contributed by atoms with van der Waals surface area (Å²) in [5, 5.41) is 6.69. The predicted octanol–water partition coefficient (Wildman–Crippen LogP) is 2.86. The van der Waals surface area contributed by atoms with Gasteiger partial charge in [-0.15, -0.1) is 0 Å². The molecule has 2 rings (SSSR count). The van der Waals surface area contributed by atoms with Gasteiger partial charge in [0.2, 0.25) is 0 Å². The van der Waals surface area contributed by atoms with Gasteiger partial charge in [0.1, 0.15) is 0 Å². The molecule has 0 radical (unpaired) electrons. The second kappa shape index (κ2) is 9.34. The van der Waals surface area contributed by atoms with Crippen molar-refractivity contribution in [1.29, 1.82) is 0 Å². The van der Waals surface area contributed by atoms with E-state index < -0.39 is 0 Å². The van der Waals surface area contributed by atoms with Crippen molar-refractivity contribution < 1.29 is 4.79 Å². The number of hydrogen-bond acceptors (Lipinski definition) is 3. The SMILES string of the molecule is CCNC(=NCCNC(=O)c1ccccc1Cl)N1CCSC(C)(C)C1. The minimum Gasteiger partial charge on any atom is -0.357 e. The molecule has 0 saturated carbocycles. The number of amides is 1. The average Bonchev–Trinajstić information content (AvgIpc) is 2.57. The number of carbonyl (C=O) groups is 1.